The first-order chi connectivity index (χ1) is 15.0. The second-order valence-corrected chi connectivity index (χ2v) is 10.2. The van der Waals surface area contributed by atoms with Gasteiger partial charge in [0, 0.05) is 19.0 Å². The van der Waals surface area contributed by atoms with E-state index in [4.69, 9.17) is 4.74 Å². The van der Waals surface area contributed by atoms with Crippen molar-refractivity contribution in [2.24, 2.45) is 5.92 Å². The average Bonchev–Trinajstić information content (AvgIpc) is 2.76. The van der Waals surface area contributed by atoms with E-state index in [1.54, 1.807) is 16.4 Å². The molecule has 0 amide bonds. The summed E-state index contributed by atoms with van der Waals surface area (Å²) in [5, 5.41) is 0. The third kappa shape index (κ3) is 5.42. The summed E-state index contributed by atoms with van der Waals surface area (Å²) in [6.45, 7) is 4.09. The molecule has 1 unspecified atom stereocenters. The number of hydrogen-bond donors (Lipinski definition) is 0. The van der Waals surface area contributed by atoms with E-state index in [2.05, 4.69) is 36.4 Å². The van der Waals surface area contributed by atoms with Gasteiger partial charge in [-0.1, -0.05) is 72.3 Å². The molecular formula is C26H29NO3S. The molecule has 0 spiro atoms. The fraction of sp³-hybridized carbons (Fsp3) is 0.308. The Hall–Kier alpha value is -2.47. The number of ether oxygens (including phenoxy) is 1. The van der Waals surface area contributed by atoms with Gasteiger partial charge < -0.3 is 4.74 Å². The number of allylic oxidation sites excluding steroid dienone is 4. The van der Waals surface area contributed by atoms with Gasteiger partial charge in [-0.25, -0.2) is 8.42 Å². The van der Waals surface area contributed by atoms with Crippen LogP contribution in [0.15, 0.2) is 94.9 Å². The van der Waals surface area contributed by atoms with Crippen LogP contribution in [-0.2, 0) is 21.4 Å². The molecule has 0 saturated carbocycles. The normalized spacial score (nSPS) is 24.1. The van der Waals surface area contributed by atoms with Gasteiger partial charge in [-0.3, -0.25) is 0 Å². The Morgan fingerprint density at radius 3 is 2.55 bits per heavy atom. The van der Waals surface area contributed by atoms with Crippen LogP contribution < -0.4 is 0 Å². The molecule has 0 N–H and O–H groups in total. The van der Waals surface area contributed by atoms with Crippen LogP contribution in [-0.4, -0.2) is 32.4 Å². The number of nitrogens with zero attached hydrogens (tertiary/aromatic N) is 1. The van der Waals surface area contributed by atoms with Crippen LogP contribution in [0, 0.1) is 12.8 Å². The maximum absolute atomic E-state index is 13.1. The summed E-state index contributed by atoms with van der Waals surface area (Å²) >= 11 is 0. The fourth-order valence-corrected chi connectivity index (χ4v) is 5.43. The maximum Gasteiger partial charge on any atom is 0.243 e. The van der Waals surface area contributed by atoms with Crippen LogP contribution in [0.5, 0.6) is 0 Å². The van der Waals surface area contributed by atoms with Crippen molar-refractivity contribution in [1.29, 1.82) is 0 Å². The van der Waals surface area contributed by atoms with Gasteiger partial charge >= 0.3 is 0 Å². The molecule has 162 valence electrons. The molecule has 1 atom stereocenters. The molecule has 31 heavy (non-hydrogen) atoms. The monoisotopic (exact) mass is 435 g/mol. The fourth-order valence-electron chi connectivity index (χ4n) is 3.99. The van der Waals surface area contributed by atoms with E-state index in [1.165, 1.54) is 5.57 Å². The molecule has 1 fully saturated rings. The Balaban J connectivity index is 1.45. The van der Waals surface area contributed by atoms with Gasteiger partial charge in [-0.15, -0.1) is 0 Å². The maximum atomic E-state index is 13.1. The van der Waals surface area contributed by atoms with Gasteiger partial charge in [0.1, 0.15) is 0 Å². The lowest BCUT2D eigenvalue weighted by molar-refractivity contribution is 0.141. The van der Waals surface area contributed by atoms with Crippen LogP contribution >= 0.6 is 0 Å². The van der Waals surface area contributed by atoms with E-state index < -0.39 is 10.0 Å². The SMILES string of the molecule is Cc1ccc(S(=O)(=O)N2CCC3/C=C\C/C(COCc4ccccc4)=C\C=C/3C2)cc1. The molecule has 1 heterocycles. The first kappa shape index (κ1) is 21.8. The molecule has 2 aromatic rings. The second kappa shape index (κ2) is 9.77. The number of hydrogen-bond acceptors (Lipinski definition) is 3. The third-order valence-electron chi connectivity index (χ3n) is 5.86. The molecular weight excluding hydrogens is 406 g/mol. The van der Waals surface area contributed by atoms with Crippen molar-refractivity contribution in [1.82, 2.24) is 4.31 Å². The molecule has 1 aliphatic heterocycles. The highest BCUT2D eigenvalue weighted by atomic mass is 32.2. The molecule has 4 rings (SSSR count). The number of sulfonamides is 1. The average molecular weight is 436 g/mol. The Morgan fingerprint density at radius 1 is 1.00 bits per heavy atom. The molecule has 0 bridgehead atoms. The Kier molecular flexibility index (Phi) is 6.86. The highest BCUT2D eigenvalue weighted by Gasteiger charge is 2.31. The first-order valence-corrected chi connectivity index (χ1v) is 12.2. The van der Waals surface area contributed by atoms with Gasteiger partial charge in [-0.2, -0.15) is 4.31 Å². The topological polar surface area (TPSA) is 46.6 Å². The standard InChI is InChI=1S/C26H29NO3S/c1-21-10-14-26(15-11-21)31(28,29)27-17-16-24-9-5-8-23(12-13-25(24)18-27)20-30-19-22-6-3-2-4-7-22/h2-7,9-15,24H,8,16-20H2,1H3/b9-5-,23-12+,25-13-. The largest absolute Gasteiger partial charge is 0.372 e. The number of aryl methyl sites for hydroxylation is 1. The predicted octanol–water partition coefficient (Wildman–Crippen LogP) is 5.04. The molecule has 5 heteroatoms. The van der Waals surface area contributed by atoms with Crippen molar-refractivity contribution in [3.63, 3.8) is 0 Å². The Morgan fingerprint density at radius 2 is 1.77 bits per heavy atom. The molecule has 2 aromatic carbocycles. The van der Waals surface area contributed by atoms with Gasteiger partial charge in [0.25, 0.3) is 0 Å². The van der Waals surface area contributed by atoms with E-state index in [0.29, 0.717) is 37.1 Å². The Bertz CT molecular complexity index is 1080. The summed E-state index contributed by atoms with van der Waals surface area (Å²) in [5.74, 6) is 0.299. The minimum absolute atomic E-state index is 0.299. The summed E-state index contributed by atoms with van der Waals surface area (Å²) in [5.41, 5.74) is 4.54. The number of piperidine rings is 1. The third-order valence-corrected chi connectivity index (χ3v) is 7.72. The summed E-state index contributed by atoms with van der Waals surface area (Å²) < 4.78 is 33.7. The zero-order valence-electron chi connectivity index (χ0n) is 17.9. The van der Waals surface area contributed by atoms with E-state index >= 15 is 0 Å². The lowest BCUT2D eigenvalue weighted by Gasteiger charge is -2.33. The Labute approximate surface area is 185 Å². The van der Waals surface area contributed by atoms with Crippen molar-refractivity contribution in [3.05, 3.63) is 101 Å². The summed E-state index contributed by atoms with van der Waals surface area (Å²) in [6.07, 6.45) is 10.3. The van der Waals surface area contributed by atoms with E-state index in [0.717, 1.165) is 29.5 Å². The van der Waals surface area contributed by atoms with Crippen molar-refractivity contribution in [3.8, 4) is 0 Å². The molecule has 0 radical (unpaired) electrons. The van der Waals surface area contributed by atoms with E-state index in [-0.39, 0.29) is 0 Å². The van der Waals surface area contributed by atoms with Crippen molar-refractivity contribution in [2.75, 3.05) is 19.7 Å². The van der Waals surface area contributed by atoms with Crippen LogP contribution in [0.25, 0.3) is 0 Å². The van der Waals surface area contributed by atoms with Crippen LogP contribution in [0.2, 0.25) is 0 Å². The summed E-state index contributed by atoms with van der Waals surface area (Å²) in [4.78, 5) is 0.365. The summed E-state index contributed by atoms with van der Waals surface area (Å²) in [6, 6.07) is 17.2. The molecule has 4 nitrogen and oxygen atoms in total. The van der Waals surface area contributed by atoms with Crippen LogP contribution in [0.4, 0.5) is 0 Å². The smallest absolute Gasteiger partial charge is 0.243 e. The van der Waals surface area contributed by atoms with Gasteiger partial charge in [-0.05, 0) is 48.6 Å². The highest BCUT2D eigenvalue weighted by molar-refractivity contribution is 7.89. The number of fused-ring (bicyclic) bond motifs is 1. The molecule has 1 aliphatic carbocycles. The zero-order valence-corrected chi connectivity index (χ0v) is 18.7. The van der Waals surface area contributed by atoms with Crippen LogP contribution in [0.1, 0.15) is 24.0 Å². The zero-order chi connectivity index (χ0) is 21.7. The van der Waals surface area contributed by atoms with Crippen molar-refractivity contribution < 1.29 is 13.2 Å². The second-order valence-electron chi connectivity index (χ2n) is 8.22. The van der Waals surface area contributed by atoms with Gasteiger partial charge in [0.15, 0.2) is 0 Å². The lowest BCUT2D eigenvalue weighted by Crippen LogP contribution is -2.39. The number of rotatable bonds is 6. The van der Waals surface area contributed by atoms with Gasteiger partial charge in [0.2, 0.25) is 10.0 Å². The summed E-state index contributed by atoms with van der Waals surface area (Å²) in [7, 11) is -3.49. The van der Waals surface area contributed by atoms with Crippen LogP contribution in [0.3, 0.4) is 0 Å². The molecule has 0 aromatic heterocycles. The molecule has 1 saturated heterocycles. The van der Waals surface area contributed by atoms with E-state index in [1.807, 2.05) is 37.3 Å². The lowest BCUT2D eigenvalue weighted by atomic mass is 9.89. The number of benzene rings is 2. The first-order valence-electron chi connectivity index (χ1n) is 10.8. The predicted molar refractivity (Wildman–Crippen MR) is 124 cm³/mol. The minimum atomic E-state index is -3.49. The van der Waals surface area contributed by atoms with E-state index in [9.17, 15) is 8.42 Å². The van der Waals surface area contributed by atoms with Crippen molar-refractivity contribution in [2.45, 2.75) is 31.3 Å². The van der Waals surface area contributed by atoms with Crippen molar-refractivity contribution >= 4 is 10.0 Å². The van der Waals surface area contributed by atoms with Gasteiger partial charge in [0.05, 0.1) is 18.1 Å². The molecule has 2 aliphatic rings. The quantitative estimate of drug-likeness (QED) is 0.598. The minimum Gasteiger partial charge on any atom is -0.372 e. The highest BCUT2D eigenvalue weighted by Crippen LogP contribution is 2.30.